The SMILES string of the molecule is C[C@H]1NC(=O)N(C2CC(Oc3ccc(C#N)c4c3C3(CC3)CO4)C2)C1=O. The number of imide groups is 1. The number of ether oxygens (including phenoxy) is 2. The van der Waals surface area contributed by atoms with Gasteiger partial charge in [-0.1, -0.05) is 0 Å². The lowest BCUT2D eigenvalue weighted by Crippen LogP contribution is -2.52. The summed E-state index contributed by atoms with van der Waals surface area (Å²) in [5, 5.41) is 11.9. The number of hydrogen-bond acceptors (Lipinski definition) is 5. The fraction of sp³-hybridized carbons (Fsp3) is 0.526. The van der Waals surface area contributed by atoms with E-state index in [9.17, 15) is 14.9 Å². The summed E-state index contributed by atoms with van der Waals surface area (Å²) in [7, 11) is 0. The molecule has 4 aliphatic rings. The molecule has 2 aliphatic carbocycles. The number of hydrogen-bond donors (Lipinski definition) is 1. The molecule has 1 N–H and O–H groups in total. The van der Waals surface area contributed by atoms with Gasteiger partial charge in [-0.25, -0.2) is 4.79 Å². The third kappa shape index (κ3) is 2.05. The van der Waals surface area contributed by atoms with Crippen LogP contribution in [0.1, 0.15) is 43.7 Å². The molecule has 7 nitrogen and oxygen atoms in total. The number of urea groups is 1. The number of carbonyl (C=O) groups excluding carboxylic acids is 2. The first-order valence-electron chi connectivity index (χ1n) is 9.03. The van der Waals surface area contributed by atoms with E-state index in [1.165, 1.54) is 4.90 Å². The van der Waals surface area contributed by atoms with Crippen molar-refractivity contribution >= 4 is 11.9 Å². The molecule has 0 radical (unpaired) electrons. The quantitative estimate of drug-likeness (QED) is 0.837. The second-order valence-electron chi connectivity index (χ2n) is 7.74. The van der Waals surface area contributed by atoms with Gasteiger partial charge in [0, 0.05) is 29.9 Å². The molecule has 1 atom stereocenters. The Balaban J connectivity index is 1.33. The number of rotatable bonds is 3. The van der Waals surface area contributed by atoms with Crippen LogP contribution in [0.15, 0.2) is 12.1 Å². The number of fused-ring (bicyclic) bond motifs is 2. The minimum Gasteiger partial charge on any atom is -0.491 e. The van der Waals surface area contributed by atoms with Crippen LogP contribution in [0.25, 0.3) is 0 Å². The molecule has 0 bridgehead atoms. The molecule has 1 spiro atoms. The third-order valence-electron chi connectivity index (χ3n) is 6.01. The molecular weight excluding hydrogens is 334 g/mol. The Morgan fingerprint density at radius 2 is 2.12 bits per heavy atom. The summed E-state index contributed by atoms with van der Waals surface area (Å²) in [4.78, 5) is 25.3. The molecule has 3 amide bonds. The molecule has 2 heterocycles. The Kier molecular flexibility index (Phi) is 3.06. The molecule has 5 rings (SSSR count). The highest BCUT2D eigenvalue weighted by molar-refractivity contribution is 6.04. The van der Waals surface area contributed by atoms with Crippen molar-refractivity contribution in [2.75, 3.05) is 6.61 Å². The van der Waals surface area contributed by atoms with Crippen molar-refractivity contribution < 1.29 is 19.1 Å². The van der Waals surface area contributed by atoms with Crippen molar-refractivity contribution in [3.8, 4) is 17.6 Å². The first-order valence-corrected chi connectivity index (χ1v) is 9.03. The Hall–Kier alpha value is -2.75. The van der Waals surface area contributed by atoms with Crippen LogP contribution in [0, 0.1) is 11.3 Å². The smallest absolute Gasteiger partial charge is 0.325 e. The summed E-state index contributed by atoms with van der Waals surface area (Å²) in [6.45, 7) is 2.31. The van der Waals surface area contributed by atoms with Crippen LogP contribution in [-0.4, -0.2) is 41.6 Å². The van der Waals surface area contributed by atoms with Crippen molar-refractivity contribution in [3.05, 3.63) is 23.3 Å². The predicted molar refractivity (Wildman–Crippen MR) is 89.8 cm³/mol. The summed E-state index contributed by atoms with van der Waals surface area (Å²) >= 11 is 0. The lowest BCUT2D eigenvalue weighted by molar-refractivity contribution is -0.131. The largest absolute Gasteiger partial charge is 0.491 e. The van der Waals surface area contributed by atoms with E-state index in [2.05, 4.69) is 11.4 Å². The maximum Gasteiger partial charge on any atom is 0.325 e. The minimum absolute atomic E-state index is 0.0148. The number of benzene rings is 1. The van der Waals surface area contributed by atoms with Gasteiger partial charge in [-0.15, -0.1) is 0 Å². The Morgan fingerprint density at radius 1 is 1.35 bits per heavy atom. The van der Waals surface area contributed by atoms with Gasteiger partial charge in [-0.2, -0.15) is 5.26 Å². The van der Waals surface area contributed by atoms with Crippen molar-refractivity contribution in [3.63, 3.8) is 0 Å². The van der Waals surface area contributed by atoms with E-state index in [1.54, 1.807) is 13.0 Å². The monoisotopic (exact) mass is 353 g/mol. The van der Waals surface area contributed by atoms with E-state index in [4.69, 9.17) is 9.47 Å². The van der Waals surface area contributed by atoms with Crippen LogP contribution in [-0.2, 0) is 10.2 Å². The van der Waals surface area contributed by atoms with Gasteiger partial charge in [0.15, 0.2) is 0 Å². The van der Waals surface area contributed by atoms with Gasteiger partial charge < -0.3 is 14.8 Å². The van der Waals surface area contributed by atoms with Gasteiger partial charge >= 0.3 is 6.03 Å². The summed E-state index contributed by atoms with van der Waals surface area (Å²) in [5.41, 5.74) is 1.60. The van der Waals surface area contributed by atoms with E-state index >= 15 is 0 Å². The lowest BCUT2D eigenvalue weighted by atomic mass is 9.87. The van der Waals surface area contributed by atoms with Gasteiger partial charge in [0.1, 0.15) is 29.7 Å². The fourth-order valence-electron chi connectivity index (χ4n) is 4.23. The zero-order chi connectivity index (χ0) is 18.1. The van der Waals surface area contributed by atoms with E-state index in [0.717, 1.165) is 24.2 Å². The van der Waals surface area contributed by atoms with Crippen LogP contribution >= 0.6 is 0 Å². The van der Waals surface area contributed by atoms with Gasteiger partial charge in [0.05, 0.1) is 12.2 Å². The summed E-state index contributed by atoms with van der Waals surface area (Å²) in [6.07, 6.45) is 3.34. The van der Waals surface area contributed by atoms with Crippen LogP contribution in [0.5, 0.6) is 11.5 Å². The zero-order valence-electron chi connectivity index (χ0n) is 14.4. The van der Waals surface area contributed by atoms with E-state index in [0.29, 0.717) is 30.8 Å². The van der Waals surface area contributed by atoms with Gasteiger partial charge in [-0.3, -0.25) is 9.69 Å². The van der Waals surface area contributed by atoms with Crippen LogP contribution in [0.2, 0.25) is 0 Å². The molecule has 26 heavy (non-hydrogen) atoms. The predicted octanol–water partition coefficient (Wildman–Crippen LogP) is 1.83. The molecule has 3 fully saturated rings. The molecule has 2 saturated carbocycles. The normalized spacial score (nSPS) is 30.3. The van der Waals surface area contributed by atoms with Crippen molar-refractivity contribution in [1.29, 1.82) is 5.26 Å². The summed E-state index contributed by atoms with van der Waals surface area (Å²) in [5.74, 6) is 1.28. The zero-order valence-corrected chi connectivity index (χ0v) is 14.4. The van der Waals surface area contributed by atoms with Crippen molar-refractivity contribution in [2.24, 2.45) is 0 Å². The summed E-state index contributed by atoms with van der Waals surface area (Å²) in [6, 6.07) is 4.93. The molecule has 1 aromatic rings. The molecule has 1 aromatic carbocycles. The second-order valence-corrected chi connectivity index (χ2v) is 7.74. The van der Waals surface area contributed by atoms with Crippen LogP contribution in [0.4, 0.5) is 4.79 Å². The molecule has 1 saturated heterocycles. The Morgan fingerprint density at radius 3 is 2.73 bits per heavy atom. The topological polar surface area (TPSA) is 91.7 Å². The molecule has 2 aliphatic heterocycles. The fourth-order valence-corrected chi connectivity index (χ4v) is 4.23. The van der Waals surface area contributed by atoms with Crippen molar-refractivity contribution in [2.45, 2.75) is 56.2 Å². The standard InChI is InChI=1S/C19H19N3O4/c1-10-17(23)22(18(24)21-10)12-6-13(7-12)26-14-3-2-11(8-20)16-15(14)19(4-5-19)9-25-16/h2-3,10,12-13H,4-7,9H2,1H3,(H,21,24)/t10-,12?,13?/m1/s1. The Bertz CT molecular complexity index is 864. The number of nitrogens with zero attached hydrogens (tertiary/aromatic N) is 2. The number of amides is 3. The van der Waals surface area contributed by atoms with Gasteiger partial charge in [0.25, 0.3) is 5.91 Å². The minimum atomic E-state index is -0.448. The maximum absolute atomic E-state index is 12.1. The molecular formula is C19H19N3O4. The molecule has 0 unspecified atom stereocenters. The van der Waals surface area contributed by atoms with Crippen molar-refractivity contribution in [1.82, 2.24) is 10.2 Å². The number of nitrogens with one attached hydrogen (secondary N) is 1. The highest BCUT2D eigenvalue weighted by atomic mass is 16.5. The Labute approximate surface area is 150 Å². The van der Waals surface area contributed by atoms with Crippen LogP contribution < -0.4 is 14.8 Å². The van der Waals surface area contributed by atoms with E-state index in [1.807, 2.05) is 6.07 Å². The third-order valence-corrected chi connectivity index (χ3v) is 6.01. The average molecular weight is 353 g/mol. The van der Waals surface area contributed by atoms with Gasteiger partial charge in [-0.05, 0) is 31.9 Å². The van der Waals surface area contributed by atoms with E-state index < -0.39 is 6.04 Å². The number of carbonyl (C=O) groups is 2. The second kappa shape index (κ2) is 5.13. The highest BCUT2D eigenvalue weighted by Crippen LogP contribution is 2.59. The highest BCUT2D eigenvalue weighted by Gasteiger charge is 2.54. The number of nitriles is 1. The first-order chi connectivity index (χ1) is 12.5. The molecule has 134 valence electrons. The summed E-state index contributed by atoms with van der Waals surface area (Å²) < 4.78 is 12.0. The lowest BCUT2D eigenvalue weighted by Gasteiger charge is -2.39. The van der Waals surface area contributed by atoms with Gasteiger partial charge in [0.2, 0.25) is 0 Å². The molecule has 7 heteroatoms. The average Bonchev–Trinajstić information content (AvgIpc) is 3.20. The first kappa shape index (κ1) is 15.5. The van der Waals surface area contributed by atoms with E-state index in [-0.39, 0.29) is 29.5 Å². The molecule has 0 aromatic heterocycles. The van der Waals surface area contributed by atoms with Crippen LogP contribution in [0.3, 0.4) is 0 Å². The maximum atomic E-state index is 12.1.